The van der Waals surface area contributed by atoms with Crippen molar-refractivity contribution in [1.29, 1.82) is 0 Å². The van der Waals surface area contributed by atoms with E-state index in [0.29, 0.717) is 0 Å². The van der Waals surface area contributed by atoms with Gasteiger partial charge in [0.1, 0.15) is 5.75 Å². The molecule has 0 saturated carbocycles. The second-order valence-electron chi connectivity index (χ2n) is 4.38. The highest BCUT2D eigenvalue weighted by atomic mass is 16.5. The third-order valence-electron chi connectivity index (χ3n) is 3.06. The van der Waals surface area contributed by atoms with Crippen LogP contribution in [-0.2, 0) is 0 Å². The number of pyridine rings is 2. The summed E-state index contributed by atoms with van der Waals surface area (Å²) in [4.78, 5) is 8.77. The van der Waals surface area contributed by atoms with Crippen LogP contribution in [-0.4, -0.2) is 17.1 Å². The summed E-state index contributed by atoms with van der Waals surface area (Å²) in [5, 5.41) is 0. The van der Waals surface area contributed by atoms with Crippen LogP contribution < -0.4 is 4.74 Å². The van der Waals surface area contributed by atoms with Crippen LogP contribution in [0.1, 0.15) is 0 Å². The quantitative estimate of drug-likeness (QED) is 0.719. The smallest absolute Gasteiger partial charge is 0.120 e. The molecule has 3 rings (SSSR count). The Morgan fingerprint density at radius 2 is 1.30 bits per heavy atom. The van der Waals surface area contributed by atoms with E-state index in [1.54, 1.807) is 19.5 Å². The van der Waals surface area contributed by atoms with Crippen LogP contribution in [0.3, 0.4) is 0 Å². The number of benzene rings is 1. The molecule has 0 aliphatic rings. The minimum absolute atomic E-state index is 0.800. The molecule has 0 fully saturated rings. The van der Waals surface area contributed by atoms with Gasteiger partial charge in [0, 0.05) is 23.5 Å². The first-order valence-corrected chi connectivity index (χ1v) is 6.39. The largest absolute Gasteiger partial charge is 0.497 e. The van der Waals surface area contributed by atoms with E-state index in [9.17, 15) is 0 Å². The van der Waals surface area contributed by atoms with Gasteiger partial charge in [-0.15, -0.1) is 0 Å². The normalized spacial score (nSPS) is 10.2. The minimum atomic E-state index is 0.800. The molecule has 2 heterocycles. The molecule has 0 spiro atoms. The van der Waals surface area contributed by atoms with E-state index in [0.717, 1.165) is 28.3 Å². The van der Waals surface area contributed by atoms with Gasteiger partial charge >= 0.3 is 0 Å². The average Bonchev–Trinajstić information content (AvgIpc) is 2.56. The zero-order chi connectivity index (χ0) is 13.8. The molecular weight excluding hydrogens is 248 g/mol. The van der Waals surface area contributed by atoms with Gasteiger partial charge in [0.05, 0.1) is 18.5 Å². The van der Waals surface area contributed by atoms with Crippen LogP contribution in [0.5, 0.6) is 5.75 Å². The van der Waals surface area contributed by atoms with Crippen molar-refractivity contribution in [3.8, 4) is 28.3 Å². The van der Waals surface area contributed by atoms with Crippen molar-refractivity contribution in [2.75, 3.05) is 7.11 Å². The Morgan fingerprint density at radius 3 is 1.70 bits per heavy atom. The number of hydrogen-bond donors (Lipinski definition) is 0. The number of aromatic nitrogens is 2. The molecule has 0 aliphatic heterocycles. The maximum Gasteiger partial charge on any atom is 0.120 e. The lowest BCUT2D eigenvalue weighted by Crippen LogP contribution is -1.89. The second kappa shape index (κ2) is 5.53. The van der Waals surface area contributed by atoms with E-state index in [-0.39, 0.29) is 0 Å². The summed E-state index contributed by atoms with van der Waals surface area (Å²) < 4.78 is 5.38. The Balaban J connectivity index is 2.13. The van der Waals surface area contributed by atoms with Gasteiger partial charge in [-0.1, -0.05) is 12.1 Å². The zero-order valence-electron chi connectivity index (χ0n) is 11.2. The average molecular weight is 262 g/mol. The van der Waals surface area contributed by atoms with Gasteiger partial charge in [0.15, 0.2) is 0 Å². The third kappa shape index (κ3) is 2.52. The first kappa shape index (κ1) is 12.4. The molecular formula is C17H14N2O. The topological polar surface area (TPSA) is 35.0 Å². The Bertz CT molecular complexity index is 639. The van der Waals surface area contributed by atoms with Crippen LogP contribution in [0.4, 0.5) is 0 Å². The first-order valence-electron chi connectivity index (χ1n) is 6.39. The molecule has 0 amide bonds. The van der Waals surface area contributed by atoms with Crippen LogP contribution in [0.15, 0.2) is 67.0 Å². The number of nitrogens with zero attached hydrogens (tertiary/aromatic N) is 2. The van der Waals surface area contributed by atoms with E-state index in [1.807, 2.05) is 48.5 Å². The molecule has 0 saturated heterocycles. The molecule has 0 atom stereocenters. The van der Waals surface area contributed by atoms with E-state index in [2.05, 4.69) is 16.0 Å². The molecule has 1 aromatic carbocycles. The number of hydrogen-bond acceptors (Lipinski definition) is 3. The molecule has 98 valence electrons. The van der Waals surface area contributed by atoms with Gasteiger partial charge < -0.3 is 4.74 Å². The Hall–Kier alpha value is -2.68. The van der Waals surface area contributed by atoms with Crippen LogP contribution in [0.2, 0.25) is 0 Å². The summed E-state index contributed by atoms with van der Waals surface area (Å²) in [6, 6.07) is 17.8. The van der Waals surface area contributed by atoms with Crippen molar-refractivity contribution in [1.82, 2.24) is 9.97 Å². The summed E-state index contributed by atoms with van der Waals surface area (Å²) in [7, 11) is 1.67. The maximum absolute atomic E-state index is 5.38. The van der Waals surface area contributed by atoms with Gasteiger partial charge in [-0.25, -0.2) is 0 Å². The highest BCUT2D eigenvalue weighted by molar-refractivity contribution is 5.71. The van der Waals surface area contributed by atoms with E-state index in [4.69, 9.17) is 4.74 Å². The monoisotopic (exact) mass is 262 g/mol. The molecule has 3 aromatic rings. The van der Waals surface area contributed by atoms with Gasteiger partial charge in [0.2, 0.25) is 0 Å². The SMILES string of the molecule is COc1cc(-c2ccccn2)cc(-c2ccccn2)c1. The fourth-order valence-electron chi connectivity index (χ4n) is 2.08. The van der Waals surface area contributed by atoms with Crippen molar-refractivity contribution in [2.24, 2.45) is 0 Å². The first-order chi connectivity index (χ1) is 9.86. The standard InChI is InChI=1S/C17H14N2O/c1-20-15-11-13(16-6-2-4-8-18-16)10-14(12-15)17-7-3-5-9-19-17/h2-12H,1H3. The van der Waals surface area contributed by atoms with Crippen molar-refractivity contribution >= 4 is 0 Å². The number of ether oxygens (including phenoxy) is 1. The molecule has 0 bridgehead atoms. The Labute approximate surface area is 117 Å². The highest BCUT2D eigenvalue weighted by Crippen LogP contribution is 2.29. The lowest BCUT2D eigenvalue weighted by Gasteiger charge is -2.08. The van der Waals surface area contributed by atoms with Crippen LogP contribution in [0, 0.1) is 0 Å². The van der Waals surface area contributed by atoms with Crippen molar-refractivity contribution in [2.45, 2.75) is 0 Å². The van der Waals surface area contributed by atoms with Crippen molar-refractivity contribution < 1.29 is 4.74 Å². The predicted molar refractivity (Wildman–Crippen MR) is 79.5 cm³/mol. The second-order valence-corrected chi connectivity index (χ2v) is 4.38. The fraction of sp³-hybridized carbons (Fsp3) is 0.0588. The summed E-state index contributed by atoms with van der Waals surface area (Å²) >= 11 is 0. The van der Waals surface area contributed by atoms with E-state index < -0.39 is 0 Å². The van der Waals surface area contributed by atoms with Gasteiger partial charge in [-0.05, 0) is 42.5 Å². The lowest BCUT2D eigenvalue weighted by molar-refractivity contribution is 0.415. The summed E-state index contributed by atoms with van der Waals surface area (Å²) in [6.45, 7) is 0. The fourth-order valence-corrected chi connectivity index (χ4v) is 2.08. The minimum Gasteiger partial charge on any atom is -0.497 e. The van der Waals surface area contributed by atoms with Crippen LogP contribution in [0.25, 0.3) is 22.5 Å². The molecule has 0 unspecified atom stereocenters. The highest BCUT2D eigenvalue weighted by Gasteiger charge is 2.06. The van der Waals surface area contributed by atoms with Crippen LogP contribution >= 0.6 is 0 Å². The van der Waals surface area contributed by atoms with E-state index >= 15 is 0 Å². The summed E-state index contributed by atoms with van der Waals surface area (Å²) in [5.74, 6) is 0.800. The molecule has 3 nitrogen and oxygen atoms in total. The van der Waals surface area contributed by atoms with Gasteiger partial charge in [0.25, 0.3) is 0 Å². The van der Waals surface area contributed by atoms with Crippen molar-refractivity contribution in [3.05, 3.63) is 67.0 Å². The Kier molecular flexibility index (Phi) is 3.42. The molecule has 20 heavy (non-hydrogen) atoms. The zero-order valence-corrected chi connectivity index (χ0v) is 11.2. The molecule has 0 aliphatic carbocycles. The summed E-state index contributed by atoms with van der Waals surface area (Å²) in [5.41, 5.74) is 3.88. The predicted octanol–water partition coefficient (Wildman–Crippen LogP) is 3.82. The Morgan fingerprint density at radius 1 is 0.750 bits per heavy atom. The van der Waals surface area contributed by atoms with Gasteiger partial charge in [-0.2, -0.15) is 0 Å². The van der Waals surface area contributed by atoms with Gasteiger partial charge in [-0.3, -0.25) is 9.97 Å². The molecule has 0 radical (unpaired) electrons. The number of methoxy groups -OCH3 is 1. The summed E-state index contributed by atoms with van der Waals surface area (Å²) in [6.07, 6.45) is 3.57. The van der Waals surface area contributed by atoms with E-state index in [1.165, 1.54) is 0 Å². The molecule has 3 heteroatoms. The lowest BCUT2D eigenvalue weighted by atomic mass is 10.0. The molecule has 2 aromatic heterocycles. The third-order valence-corrected chi connectivity index (χ3v) is 3.06. The number of rotatable bonds is 3. The van der Waals surface area contributed by atoms with Crippen molar-refractivity contribution in [3.63, 3.8) is 0 Å². The maximum atomic E-state index is 5.38. The molecule has 0 N–H and O–H groups in total.